The molecule has 0 saturated heterocycles. The summed E-state index contributed by atoms with van der Waals surface area (Å²) >= 11 is 6.37. The number of rotatable bonds is 8. The van der Waals surface area contributed by atoms with Gasteiger partial charge in [0, 0.05) is 24.9 Å². The third kappa shape index (κ3) is 4.79. The van der Waals surface area contributed by atoms with Crippen LogP contribution in [0.1, 0.15) is 40.9 Å². The summed E-state index contributed by atoms with van der Waals surface area (Å²) < 4.78 is 31.1. The van der Waals surface area contributed by atoms with Crippen LogP contribution >= 0.6 is 11.6 Å². The van der Waals surface area contributed by atoms with E-state index in [0.29, 0.717) is 24.2 Å². The quantitative estimate of drug-likeness (QED) is 0.630. The van der Waals surface area contributed by atoms with Crippen LogP contribution in [0.25, 0.3) is 0 Å². The van der Waals surface area contributed by atoms with Gasteiger partial charge in [-0.1, -0.05) is 11.6 Å². The molecule has 0 aliphatic rings. The minimum atomic E-state index is -3.51. The first-order valence-electron chi connectivity index (χ1n) is 9.02. The van der Waals surface area contributed by atoms with Gasteiger partial charge < -0.3 is 10.1 Å². The fourth-order valence-electron chi connectivity index (χ4n) is 3.11. The largest absolute Gasteiger partial charge is 0.467 e. The zero-order valence-corrected chi connectivity index (χ0v) is 18.6. The van der Waals surface area contributed by atoms with Gasteiger partial charge >= 0.3 is 0 Å². The molecule has 10 heteroatoms. The van der Waals surface area contributed by atoms with E-state index in [1.807, 2.05) is 6.92 Å². The van der Waals surface area contributed by atoms with E-state index < -0.39 is 15.6 Å². The van der Waals surface area contributed by atoms with Crippen molar-refractivity contribution in [3.05, 3.63) is 39.5 Å². The number of nitrogens with one attached hydrogen (secondary N) is 1. The molecule has 1 aromatic carbocycles. The molecule has 1 aromatic heterocycles. The van der Waals surface area contributed by atoms with Gasteiger partial charge in [-0.3, -0.25) is 9.59 Å². The predicted molar refractivity (Wildman–Crippen MR) is 110 cm³/mol. The fraction of sp³-hybridized carbons (Fsp3) is 0.421. The molecule has 2 aromatic rings. The van der Waals surface area contributed by atoms with Crippen molar-refractivity contribution in [1.29, 1.82) is 0 Å². The molecule has 1 amide bonds. The molecule has 0 radical (unpaired) electrons. The Morgan fingerprint density at radius 1 is 1.24 bits per heavy atom. The zero-order chi connectivity index (χ0) is 21.9. The second-order valence-corrected chi connectivity index (χ2v) is 8.86. The van der Waals surface area contributed by atoms with Gasteiger partial charge in [-0.15, -0.1) is 0 Å². The Hall–Kier alpha value is -2.39. The Bertz CT molecular complexity index is 1060. The van der Waals surface area contributed by atoms with E-state index >= 15 is 0 Å². The monoisotopic (exact) mass is 441 g/mol. The van der Waals surface area contributed by atoms with Gasteiger partial charge in [0.05, 0.1) is 16.1 Å². The first kappa shape index (κ1) is 22.9. The Balaban J connectivity index is 2.51. The molecular formula is C19H24ClN3O5S. The highest BCUT2D eigenvalue weighted by Crippen LogP contribution is 2.33. The van der Waals surface area contributed by atoms with Crippen molar-refractivity contribution in [2.75, 3.05) is 19.4 Å². The standard InChI is InChI=1S/C19H24ClN3O5S/c1-6-21-15(24)10-28-19-14(9-22-23(19)7-2)17(25)13-8-11(3)18(29(5,26)27)12(4)16(13)20/h8-9H,6-7,10H2,1-5H3,(H,21,24). The van der Waals surface area contributed by atoms with Crippen molar-refractivity contribution in [2.45, 2.75) is 39.1 Å². The number of sulfone groups is 1. The maximum atomic E-state index is 13.2. The molecule has 8 nitrogen and oxygen atoms in total. The molecule has 1 heterocycles. The summed E-state index contributed by atoms with van der Waals surface area (Å²) in [5, 5.41) is 6.81. The Kier molecular flexibility index (Phi) is 7.07. The van der Waals surface area contributed by atoms with Crippen molar-refractivity contribution in [2.24, 2.45) is 0 Å². The summed E-state index contributed by atoms with van der Waals surface area (Å²) in [6.07, 6.45) is 2.45. The Labute approximate surface area is 175 Å². The van der Waals surface area contributed by atoms with Crippen molar-refractivity contribution in [3.63, 3.8) is 0 Å². The number of amides is 1. The molecule has 29 heavy (non-hydrogen) atoms. The summed E-state index contributed by atoms with van der Waals surface area (Å²) in [6.45, 7) is 7.40. The van der Waals surface area contributed by atoms with Crippen LogP contribution in [0.3, 0.4) is 0 Å². The molecule has 0 spiro atoms. The van der Waals surface area contributed by atoms with Crippen LogP contribution in [0.4, 0.5) is 0 Å². The van der Waals surface area contributed by atoms with Crippen molar-refractivity contribution in [3.8, 4) is 5.88 Å². The van der Waals surface area contributed by atoms with E-state index in [1.165, 1.54) is 16.9 Å². The number of ether oxygens (including phenoxy) is 1. The predicted octanol–water partition coefficient (Wildman–Crippen LogP) is 2.32. The summed E-state index contributed by atoms with van der Waals surface area (Å²) in [5.41, 5.74) is 1.02. The number of likely N-dealkylation sites (N-methyl/N-ethyl adjacent to an activating group) is 1. The van der Waals surface area contributed by atoms with E-state index in [4.69, 9.17) is 16.3 Å². The van der Waals surface area contributed by atoms with Gasteiger partial charge in [-0.05, 0) is 44.9 Å². The van der Waals surface area contributed by atoms with Gasteiger partial charge in [-0.2, -0.15) is 5.10 Å². The number of ketones is 1. The van der Waals surface area contributed by atoms with Gasteiger partial charge in [0.15, 0.2) is 16.4 Å². The second-order valence-electron chi connectivity index (χ2n) is 6.53. The normalized spacial score (nSPS) is 11.4. The number of aryl methyl sites for hydroxylation is 2. The molecule has 0 aliphatic carbocycles. The number of carbonyl (C=O) groups is 2. The molecule has 0 fully saturated rings. The Morgan fingerprint density at radius 2 is 1.90 bits per heavy atom. The van der Waals surface area contributed by atoms with E-state index in [0.717, 1.165) is 6.26 Å². The Morgan fingerprint density at radius 3 is 2.45 bits per heavy atom. The number of nitrogens with zero attached hydrogens (tertiary/aromatic N) is 2. The fourth-order valence-corrected chi connectivity index (χ4v) is 4.71. The van der Waals surface area contributed by atoms with E-state index in [2.05, 4.69) is 10.4 Å². The van der Waals surface area contributed by atoms with Crippen LogP contribution in [0.15, 0.2) is 17.2 Å². The number of hydrogen-bond acceptors (Lipinski definition) is 6. The molecular weight excluding hydrogens is 418 g/mol. The molecule has 0 atom stereocenters. The molecule has 0 bridgehead atoms. The third-order valence-corrected chi connectivity index (χ3v) is 6.15. The minimum absolute atomic E-state index is 0.0555. The van der Waals surface area contributed by atoms with Crippen molar-refractivity contribution < 1.29 is 22.7 Å². The second kappa shape index (κ2) is 8.96. The molecule has 2 rings (SSSR count). The van der Waals surface area contributed by atoms with Crippen LogP contribution in [-0.4, -0.2) is 49.3 Å². The summed E-state index contributed by atoms with van der Waals surface area (Å²) in [4.78, 5) is 25.0. The SMILES string of the molecule is CCNC(=O)COc1c(C(=O)c2cc(C)c(S(C)(=O)=O)c(C)c2Cl)cnn1CC. The lowest BCUT2D eigenvalue weighted by molar-refractivity contribution is -0.123. The molecule has 0 saturated carbocycles. The number of hydrogen-bond donors (Lipinski definition) is 1. The topological polar surface area (TPSA) is 107 Å². The van der Waals surface area contributed by atoms with Crippen LogP contribution in [0.2, 0.25) is 5.02 Å². The maximum Gasteiger partial charge on any atom is 0.257 e. The third-order valence-electron chi connectivity index (χ3n) is 4.29. The van der Waals surface area contributed by atoms with Crippen molar-refractivity contribution in [1.82, 2.24) is 15.1 Å². The van der Waals surface area contributed by atoms with Crippen LogP contribution < -0.4 is 10.1 Å². The highest BCUT2D eigenvalue weighted by Gasteiger charge is 2.26. The average Bonchev–Trinajstić information content (AvgIpc) is 3.04. The van der Waals surface area contributed by atoms with E-state index in [-0.39, 0.29) is 39.4 Å². The van der Waals surface area contributed by atoms with Crippen LogP contribution in [0, 0.1) is 13.8 Å². The minimum Gasteiger partial charge on any atom is -0.467 e. The first-order chi connectivity index (χ1) is 13.5. The maximum absolute atomic E-state index is 13.2. The van der Waals surface area contributed by atoms with E-state index in [9.17, 15) is 18.0 Å². The van der Waals surface area contributed by atoms with Gasteiger partial charge in [0.1, 0.15) is 5.56 Å². The molecule has 0 aliphatic heterocycles. The number of aromatic nitrogens is 2. The number of benzene rings is 1. The summed E-state index contributed by atoms with van der Waals surface area (Å²) in [6, 6.07) is 1.45. The molecule has 158 valence electrons. The van der Waals surface area contributed by atoms with Crippen molar-refractivity contribution >= 4 is 33.1 Å². The van der Waals surface area contributed by atoms with Gasteiger partial charge in [-0.25, -0.2) is 13.1 Å². The lowest BCUT2D eigenvalue weighted by Gasteiger charge is -2.14. The highest BCUT2D eigenvalue weighted by molar-refractivity contribution is 7.90. The van der Waals surface area contributed by atoms with Crippen LogP contribution in [-0.2, 0) is 21.2 Å². The molecule has 0 unspecified atom stereocenters. The van der Waals surface area contributed by atoms with Gasteiger partial charge in [0.2, 0.25) is 11.7 Å². The first-order valence-corrected chi connectivity index (χ1v) is 11.3. The lowest BCUT2D eigenvalue weighted by Crippen LogP contribution is -2.29. The smallest absolute Gasteiger partial charge is 0.257 e. The summed E-state index contributed by atoms with van der Waals surface area (Å²) in [7, 11) is -3.51. The molecule has 1 N–H and O–H groups in total. The van der Waals surface area contributed by atoms with E-state index in [1.54, 1.807) is 20.8 Å². The average molecular weight is 442 g/mol. The highest BCUT2D eigenvalue weighted by atomic mass is 35.5. The van der Waals surface area contributed by atoms with Crippen LogP contribution in [0.5, 0.6) is 5.88 Å². The zero-order valence-electron chi connectivity index (χ0n) is 17.0. The van der Waals surface area contributed by atoms with Gasteiger partial charge in [0.25, 0.3) is 5.91 Å². The summed E-state index contributed by atoms with van der Waals surface area (Å²) in [5.74, 6) is -0.633. The number of halogens is 1. The lowest BCUT2D eigenvalue weighted by atomic mass is 10.0. The number of carbonyl (C=O) groups excluding carboxylic acids is 2.